The van der Waals surface area contributed by atoms with Crippen molar-refractivity contribution in [3.8, 4) is 0 Å². The van der Waals surface area contributed by atoms with Crippen LogP contribution >= 0.6 is 0 Å². The molecule has 114 valence electrons. The fraction of sp³-hybridized carbons (Fsp3) is 0.600. The van der Waals surface area contributed by atoms with Crippen LogP contribution in [0.3, 0.4) is 0 Å². The maximum absolute atomic E-state index is 11.0. The second-order valence-corrected chi connectivity index (χ2v) is 5.96. The highest BCUT2D eigenvalue weighted by atomic mass is 16.6. The summed E-state index contributed by atoms with van der Waals surface area (Å²) >= 11 is 0. The summed E-state index contributed by atoms with van der Waals surface area (Å²) in [5.74, 6) is 0. The second-order valence-electron chi connectivity index (χ2n) is 5.96. The molecule has 6 nitrogen and oxygen atoms in total. The normalized spacial score (nSPS) is 25.4. The van der Waals surface area contributed by atoms with Gasteiger partial charge in [0, 0.05) is 25.8 Å². The van der Waals surface area contributed by atoms with Crippen LogP contribution in [0.1, 0.15) is 24.1 Å². The monoisotopic (exact) mass is 291 g/mol. The molecule has 0 spiro atoms. The third kappa shape index (κ3) is 3.16. The van der Waals surface area contributed by atoms with E-state index in [0.29, 0.717) is 19.4 Å². The zero-order valence-corrected chi connectivity index (χ0v) is 12.2. The van der Waals surface area contributed by atoms with Gasteiger partial charge in [0.1, 0.15) is 11.7 Å². The molecule has 0 aromatic carbocycles. The SMILES string of the molecule is Cc1ccc(C2(O)CCN(CC3CNC(=O)O3)CC2)nc1. The lowest BCUT2D eigenvalue weighted by atomic mass is 9.87. The quantitative estimate of drug-likeness (QED) is 0.861. The Morgan fingerprint density at radius 2 is 2.24 bits per heavy atom. The average molecular weight is 291 g/mol. The van der Waals surface area contributed by atoms with Gasteiger partial charge in [0.2, 0.25) is 0 Å². The summed E-state index contributed by atoms with van der Waals surface area (Å²) < 4.78 is 5.15. The second kappa shape index (κ2) is 5.61. The molecule has 3 heterocycles. The largest absolute Gasteiger partial charge is 0.443 e. The van der Waals surface area contributed by atoms with E-state index in [1.807, 2.05) is 19.1 Å². The lowest BCUT2D eigenvalue weighted by molar-refractivity contribution is -0.0356. The van der Waals surface area contributed by atoms with Crippen LogP contribution in [0.4, 0.5) is 4.79 Å². The van der Waals surface area contributed by atoms with Gasteiger partial charge in [-0.05, 0) is 31.4 Å². The third-order valence-corrected chi connectivity index (χ3v) is 4.28. The Hall–Kier alpha value is -1.66. The number of aliphatic hydroxyl groups is 1. The molecular weight excluding hydrogens is 270 g/mol. The zero-order chi connectivity index (χ0) is 14.9. The van der Waals surface area contributed by atoms with Crippen molar-refractivity contribution in [2.75, 3.05) is 26.2 Å². The van der Waals surface area contributed by atoms with E-state index in [4.69, 9.17) is 4.74 Å². The number of hydrogen-bond acceptors (Lipinski definition) is 5. The Morgan fingerprint density at radius 3 is 2.81 bits per heavy atom. The van der Waals surface area contributed by atoms with E-state index in [1.54, 1.807) is 6.20 Å². The topological polar surface area (TPSA) is 74.7 Å². The summed E-state index contributed by atoms with van der Waals surface area (Å²) in [6, 6.07) is 3.89. The van der Waals surface area contributed by atoms with Gasteiger partial charge in [-0.3, -0.25) is 9.88 Å². The molecule has 2 aliphatic heterocycles. The molecule has 2 fully saturated rings. The average Bonchev–Trinajstić information content (AvgIpc) is 2.88. The first-order valence-electron chi connectivity index (χ1n) is 7.37. The molecule has 21 heavy (non-hydrogen) atoms. The minimum absolute atomic E-state index is 0.0822. The molecule has 1 amide bonds. The van der Waals surface area contributed by atoms with Crippen molar-refractivity contribution in [1.82, 2.24) is 15.2 Å². The Balaban J connectivity index is 1.56. The highest BCUT2D eigenvalue weighted by Gasteiger charge is 2.36. The minimum Gasteiger partial charge on any atom is -0.443 e. The number of aromatic nitrogens is 1. The first kappa shape index (κ1) is 14.3. The number of aryl methyl sites for hydroxylation is 1. The van der Waals surface area contributed by atoms with E-state index in [0.717, 1.165) is 30.9 Å². The van der Waals surface area contributed by atoms with Gasteiger partial charge in [-0.1, -0.05) is 6.07 Å². The molecule has 1 aromatic heterocycles. The first-order chi connectivity index (χ1) is 10.0. The van der Waals surface area contributed by atoms with Crippen molar-refractivity contribution < 1.29 is 14.6 Å². The molecule has 2 N–H and O–H groups in total. The molecule has 0 radical (unpaired) electrons. The van der Waals surface area contributed by atoms with Crippen LogP contribution in [0, 0.1) is 6.92 Å². The maximum atomic E-state index is 11.0. The molecule has 2 saturated heterocycles. The van der Waals surface area contributed by atoms with Gasteiger partial charge < -0.3 is 15.2 Å². The fourth-order valence-corrected chi connectivity index (χ4v) is 2.93. The van der Waals surface area contributed by atoms with Crippen molar-refractivity contribution in [2.24, 2.45) is 0 Å². The predicted octanol–water partition coefficient (Wildman–Crippen LogP) is 0.782. The number of carbonyl (C=O) groups excluding carboxylic acids is 1. The third-order valence-electron chi connectivity index (χ3n) is 4.28. The van der Waals surface area contributed by atoms with E-state index < -0.39 is 5.60 Å². The molecule has 2 aliphatic rings. The van der Waals surface area contributed by atoms with Gasteiger partial charge in [-0.25, -0.2) is 4.79 Å². The molecule has 3 rings (SSSR count). The number of ether oxygens (including phenoxy) is 1. The van der Waals surface area contributed by atoms with Crippen molar-refractivity contribution in [1.29, 1.82) is 0 Å². The smallest absolute Gasteiger partial charge is 0.407 e. The summed E-state index contributed by atoms with van der Waals surface area (Å²) in [4.78, 5) is 17.6. The van der Waals surface area contributed by atoms with E-state index in [1.165, 1.54) is 0 Å². The molecule has 1 atom stereocenters. The van der Waals surface area contributed by atoms with Crippen molar-refractivity contribution in [2.45, 2.75) is 31.5 Å². The van der Waals surface area contributed by atoms with Crippen LogP contribution in [0.5, 0.6) is 0 Å². The lowest BCUT2D eigenvalue weighted by Gasteiger charge is -2.38. The summed E-state index contributed by atoms with van der Waals surface area (Å²) in [7, 11) is 0. The number of pyridine rings is 1. The van der Waals surface area contributed by atoms with Crippen LogP contribution in [-0.2, 0) is 10.3 Å². The lowest BCUT2D eigenvalue weighted by Crippen LogP contribution is -2.46. The number of alkyl carbamates (subject to hydrolysis) is 1. The van der Waals surface area contributed by atoms with Gasteiger partial charge in [0.15, 0.2) is 0 Å². The number of nitrogens with zero attached hydrogens (tertiary/aromatic N) is 2. The number of rotatable bonds is 3. The number of hydrogen-bond donors (Lipinski definition) is 2. The van der Waals surface area contributed by atoms with Gasteiger partial charge in [0.25, 0.3) is 0 Å². The summed E-state index contributed by atoms with van der Waals surface area (Å²) in [5, 5.41) is 13.4. The van der Waals surface area contributed by atoms with E-state index in [2.05, 4.69) is 15.2 Å². The van der Waals surface area contributed by atoms with E-state index >= 15 is 0 Å². The van der Waals surface area contributed by atoms with Crippen molar-refractivity contribution in [3.05, 3.63) is 29.6 Å². The van der Waals surface area contributed by atoms with Gasteiger partial charge in [0.05, 0.1) is 12.2 Å². The minimum atomic E-state index is -0.838. The summed E-state index contributed by atoms with van der Waals surface area (Å²) in [5.41, 5.74) is 1.01. The highest BCUT2D eigenvalue weighted by Crippen LogP contribution is 2.31. The summed E-state index contributed by atoms with van der Waals surface area (Å²) in [6.07, 6.45) is 2.68. The molecule has 0 aliphatic carbocycles. The van der Waals surface area contributed by atoms with Crippen LogP contribution in [0.2, 0.25) is 0 Å². The van der Waals surface area contributed by atoms with Crippen LogP contribution < -0.4 is 5.32 Å². The highest BCUT2D eigenvalue weighted by molar-refractivity contribution is 5.69. The maximum Gasteiger partial charge on any atom is 0.407 e. The van der Waals surface area contributed by atoms with Gasteiger partial charge in [-0.2, -0.15) is 0 Å². The van der Waals surface area contributed by atoms with Crippen LogP contribution in [0.15, 0.2) is 18.3 Å². The summed E-state index contributed by atoms with van der Waals surface area (Å²) in [6.45, 7) is 4.83. The predicted molar refractivity (Wildman–Crippen MR) is 76.8 cm³/mol. The Labute approximate surface area is 124 Å². The number of cyclic esters (lactones) is 1. The molecule has 0 saturated carbocycles. The number of piperidine rings is 1. The standard InChI is InChI=1S/C15H21N3O3/c1-11-2-3-13(16-8-11)15(20)4-6-18(7-5-15)10-12-9-17-14(19)21-12/h2-3,8,12,20H,4-7,9-10H2,1H3,(H,17,19). The number of likely N-dealkylation sites (tertiary alicyclic amines) is 1. The van der Waals surface area contributed by atoms with Gasteiger partial charge >= 0.3 is 6.09 Å². The van der Waals surface area contributed by atoms with Gasteiger partial charge in [-0.15, -0.1) is 0 Å². The van der Waals surface area contributed by atoms with Crippen molar-refractivity contribution in [3.63, 3.8) is 0 Å². The van der Waals surface area contributed by atoms with Crippen LogP contribution in [-0.4, -0.2) is 53.4 Å². The van der Waals surface area contributed by atoms with E-state index in [9.17, 15) is 9.90 Å². The molecular formula is C15H21N3O3. The van der Waals surface area contributed by atoms with Crippen LogP contribution in [0.25, 0.3) is 0 Å². The number of carbonyl (C=O) groups is 1. The number of amides is 1. The molecule has 1 aromatic rings. The van der Waals surface area contributed by atoms with E-state index in [-0.39, 0.29) is 12.2 Å². The Kier molecular flexibility index (Phi) is 3.82. The first-order valence-corrected chi connectivity index (χ1v) is 7.37. The molecule has 1 unspecified atom stereocenters. The molecule has 6 heteroatoms. The zero-order valence-electron chi connectivity index (χ0n) is 12.2. The Bertz CT molecular complexity index is 509. The van der Waals surface area contributed by atoms with Crippen molar-refractivity contribution >= 4 is 6.09 Å². The molecule has 0 bridgehead atoms. The number of nitrogens with one attached hydrogen (secondary N) is 1. The Morgan fingerprint density at radius 1 is 1.48 bits per heavy atom. The fourth-order valence-electron chi connectivity index (χ4n) is 2.93.